The normalized spacial score (nSPS) is 19.3. The SMILES string of the molecule is CC(C)N1CCC(Nc2cccc(-c3nnnn3C)c2)C1. The summed E-state index contributed by atoms with van der Waals surface area (Å²) < 4.78 is 1.69. The standard InChI is InChI=1S/C15H22N6/c1-11(2)21-8-7-14(10-21)16-13-6-4-5-12(9-13)15-17-18-19-20(15)3/h4-6,9,11,14,16H,7-8,10H2,1-3H3. The van der Waals surface area contributed by atoms with Crippen LogP contribution in [0.25, 0.3) is 11.4 Å². The molecule has 1 aromatic carbocycles. The molecule has 1 aromatic heterocycles. The van der Waals surface area contributed by atoms with Crippen molar-refractivity contribution in [3.63, 3.8) is 0 Å². The van der Waals surface area contributed by atoms with Crippen molar-refractivity contribution in [2.45, 2.75) is 32.4 Å². The lowest BCUT2D eigenvalue weighted by atomic mass is 10.1. The Morgan fingerprint density at radius 3 is 2.86 bits per heavy atom. The Balaban J connectivity index is 1.71. The van der Waals surface area contributed by atoms with E-state index < -0.39 is 0 Å². The number of likely N-dealkylation sites (tertiary alicyclic amines) is 1. The molecule has 1 aliphatic rings. The summed E-state index contributed by atoms with van der Waals surface area (Å²) >= 11 is 0. The molecule has 1 N–H and O–H groups in total. The average Bonchev–Trinajstić information content (AvgIpc) is 3.08. The zero-order chi connectivity index (χ0) is 14.8. The Hall–Kier alpha value is -1.95. The van der Waals surface area contributed by atoms with Gasteiger partial charge in [0.05, 0.1) is 0 Å². The molecule has 3 rings (SSSR count). The van der Waals surface area contributed by atoms with Crippen LogP contribution in [0.3, 0.4) is 0 Å². The van der Waals surface area contributed by atoms with Crippen LogP contribution in [0.1, 0.15) is 20.3 Å². The van der Waals surface area contributed by atoms with Gasteiger partial charge in [-0.05, 0) is 42.8 Å². The van der Waals surface area contributed by atoms with Gasteiger partial charge < -0.3 is 5.32 Å². The molecule has 1 fully saturated rings. The molecule has 0 radical (unpaired) electrons. The van der Waals surface area contributed by atoms with Gasteiger partial charge in [0.15, 0.2) is 5.82 Å². The van der Waals surface area contributed by atoms with E-state index >= 15 is 0 Å². The number of benzene rings is 1. The van der Waals surface area contributed by atoms with Gasteiger partial charge in [0.25, 0.3) is 0 Å². The lowest BCUT2D eigenvalue weighted by Crippen LogP contribution is -2.31. The first-order valence-corrected chi connectivity index (χ1v) is 7.47. The van der Waals surface area contributed by atoms with E-state index in [9.17, 15) is 0 Å². The van der Waals surface area contributed by atoms with Crippen LogP contribution in [0.5, 0.6) is 0 Å². The molecule has 1 atom stereocenters. The predicted octanol–water partition coefficient (Wildman–Crippen LogP) is 1.77. The van der Waals surface area contributed by atoms with Crippen LogP contribution in [0.4, 0.5) is 5.69 Å². The third-order valence-electron chi connectivity index (χ3n) is 4.06. The number of aryl methyl sites for hydroxylation is 1. The number of nitrogens with one attached hydrogen (secondary N) is 1. The summed E-state index contributed by atoms with van der Waals surface area (Å²) in [6.45, 7) is 6.78. The molecule has 2 aromatic rings. The monoisotopic (exact) mass is 286 g/mol. The highest BCUT2D eigenvalue weighted by atomic mass is 15.5. The van der Waals surface area contributed by atoms with Crippen molar-refractivity contribution in [2.24, 2.45) is 7.05 Å². The molecule has 0 aliphatic carbocycles. The van der Waals surface area contributed by atoms with Crippen LogP contribution < -0.4 is 5.32 Å². The number of rotatable bonds is 4. The summed E-state index contributed by atoms with van der Waals surface area (Å²) in [6, 6.07) is 9.43. The van der Waals surface area contributed by atoms with Crippen LogP contribution >= 0.6 is 0 Å². The van der Waals surface area contributed by atoms with Crippen molar-refractivity contribution in [1.29, 1.82) is 0 Å². The number of hydrogen-bond acceptors (Lipinski definition) is 5. The molecular weight excluding hydrogens is 264 g/mol. The van der Waals surface area contributed by atoms with Crippen molar-refractivity contribution >= 4 is 5.69 Å². The maximum absolute atomic E-state index is 4.06. The van der Waals surface area contributed by atoms with Gasteiger partial charge in [0.1, 0.15) is 0 Å². The van der Waals surface area contributed by atoms with Gasteiger partial charge in [0.2, 0.25) is 0 Å². The lowest BCUT2D eigenvalue weighted by molar-refractivity contribution is 0.274. The van der Waals surface area contributed by atoms with Gasteiger partial charge in [-0.1, -0.05) is 12.1 Å². The lowest BCUT2D eigenvalue weighted by Gasteiger charge is -2.21. The molecule has 0 spiro atoms. The van der Waals surface area contributed by atoms with Gasteiger partial charge in [-0.3, -0.25) is 4.90 Å². The molecule has 0 bridgehead atoms. The predicted molar refractivity (Wildman–Crippen MR) is 83.0 cm³/mol. The number of nitrogens with zero attached hydrogens (tertiary/aromatic N) is 5. The summed E-state index contributed by atoms with van der Waals surface area (Å²) in [4.78, 5) is 2.51. The largest absolute Gasteiger partial charge is 0.381 e. The second kappa shape index (κ2) is 5.81. The van der Waals surface area contributed by atoms with E-state index in [2.05, 4.69) is 51.7 Å². The van der Waals surface area contributed by atoms with Crippen molar-refractivity contribution < 1.29 is 0 Å². The molecule has 6 heteroatoms. The highest BCUT2D eigenvalue weighted by Gasteiger charge is 2.23. The highest BCUT2D eigenvalue weighted by molar-refractivity contribution is 5.62. The first kappa shape index (κ1) is 14.0. The minimum atomic E-state index is 0.514. The Bertz CT molecular complexity index is 606. The third-order valence-corrected chi connectivity index (χ3v) is 4.06. The Morgan fingerprint density at radius 2 is 2.19 bits per heavy atom. The topological polar surface area (TPSA) is 58.9 Å². The Kier molecular flexibility index (Phi) is 3.88. The van der Waals surface area contributed by atoms with Gasteiger partial charge >= 0.3 is 0 Å². The number of anilines is 1. The maximum Gasteiger partial charge on any atom is 0.181 e. The molecule has 1 aliphatic heterocycles. The van der Waals surface area contributed by atoms with E-state index in [0.717, 1.165) is 23.6 Å². The summed E-state index contributed by atoms with van der Waals surface area (Å²) in [5, 5.41) is 15.3. The molecule has 1 unspecified atom stereocenters. The van der Waals surface area contributed by atoms with Crippen LogP contribution in [-0.2, 0) is 7.05 Å². The molecule has 2 heterocycles. The molecule has 6 nitrogen and oxygen atoms in total. The highest BCUT2D eigenvalue weighted by Crippen LogP contribution is 2.22. The minimum Gasteiger partial charge on any atom is -0.381 e. The van der Waals surface area contributed by atoms with Gasteiger partial charge in [0, 0.05) is 43.5 Å². The Morgan fingerprint density at radius 1 is 1.33 bits per heavy atom. The zero-order valence-electron chi connectivity index (χ0n) is 12.8. The molecular formula is C15H22N6. The average molecular weight is 286 g/mol. The second-order valence-corrected chi connectivity index (χ2v) is 5.93. The molecule has 21 heavy (non-hydrogen) atoms. The smallest absolute Gasteiger partial charge is 0.181 e. The Labute approximate surface area is 125 Å². The van der Waals surface area contributed by atoms with E-state index in [4.69, 9.17) is 0 Å². The molecule has 0 saturated carbocycles. The van der Waals surface area contributed by atoms with Crippen molar-refractivity contribution in [2.75, 3.05) is 18.4 Å². The maximum atomic E-state index is 4.06. The fraction of sp³-hybridized carbons (Fsp3) is 0.533. The fourth-order valence-electron chi connectivity index (χ4n) is 2.83. The molecule has 0 amide bonds. The van der Waals surface area contributed by atoms with E-state index in [-0.39, 0.29) is 0 Å². The first-order valence-electron chi connectivity index (χ1n) is 7.47. The minimum absolute atomic E-state index is 0.514. The van der Waals surface area contributed by atoms with Crippen LogP contribution in [-0.4, -0.2) is 50.3 Å². The summed E-state index contributed by atoms with van der Waals surface area (Å²) in [7, 11) is 1.85. The zero-order valence-corrected chi connectivity index (χ0v) is 12.8. The number of tetrazole rings is 1. The summed E-state index contributed by atoms with van der Waals surface area (Å²) in [6.07, 6.45) is 1.19. The second-order valence-electron chi connectivity index (χ2n) is 5.93. The van der Waals surface area contributed by atoms with Gasteiger partial charge in [-0.15, -0.1) is 5.10 Å². The van der Waals surface area contributed by atoms with E-state index in [1.54, 1.807) is 4.68 Å². The van der Waals surface area contributed by atoms with Crippen molar-refractivity contribution in [3.05, 3.63) is 24.3 Å². The van der Waals surface area contributed by atoms with Gasteiger partial charge in [-0.2, -0.15) is 0 Å². The van der Waals surface area contributed by atoms with E-state index in [1.165, 1.54) is 13.0 Å². The number of aromatic nitrogens is 4. The quantitative estimate of drug-likeness (QED) is 0.928. The fourth-order valence-corrected chi connectivity index (χ4v) is 2.83. The summed E-state index contributed by atoms with van der Waals surface area (Å²) in [5.74, 6) is 0.786. The van der Waals surface area contributed by atoms with Crippen LogP contribution in [0, 0.1) is 0 Å². The van der Waals surface area contributed by atoms with E-state index in [1.807, 2.05) is 19.2 Å². The summed E-state index contributed by atoms with van der Waals surface area (Å²) in [5.41, 5.74) is 2.16. The molecule has 112 valence electrons. The van der Waals surface area contributed by atoms with E-state index in [0.29, 0.717) is 12.1 Å². The van der Waals surface area contributed by atoms with Crippen molar-refractivity contribution in [1.82, 2.24) is 25.1 Å². The van der Waals surface area contributed by atoms with Crippen LogP contribution in [0.2, 0.25) is 0 Å². The van der Waals surface area contributed by atoms with Crippen LogP contribution in [0.15, 0.2) is 24.3 Å². The third kappa shape index (κ3) is 3.05. The first-order chi connectivity index (χ1) is 10.1. The molecule has 1 saturated heterocycles. The number of hydrogen-bond donors (Lipinski definition) is 1. The van der Waals surface area contributed by atoms with Gasteiger partial charge in [-0.25, -0.2) is 4.68 Å². The van der Waals surface area contributed by atoms with Crippen molar-refractivity contribution in [3.8, 4) is 11.4 Å².